The fraction of sp³-hybridized carbons (Fsp3) is 0.211. The highest BCUT2D eigenvalue weighted by molar-refractivity contribution is 6.30. The van der Waals surface area contributed by atoms with Crippen molar-refractivity contribution in [2.75, 3.05) is 7.11 Å². The molecule has 0 fully saturated rings. The molecule has 1 aromatic carbocycles. The number of halogens is 1. The van der Waals surface area contributed by atoms with Crippen LogP contribution in [0.15, 0.2) is 47.1 Å². The number of nitrogens with zero attached hydrogens (tertiary/aromatic N) is 2. The van der Waals surface area contributed by atoms with Gasteiger partial charge in [0.05, 0.1) is 24.1 Å². The topological polar surface area (TPSA) is 98.2 Å². The summed E-state index contributed by atoms with van der Waals surface area (Å²) in [6.07, 6.45) is 0. The summed E-state index contributed by atoms with van der Waals surface area (Å²) in [5, 5.41) is 10.6. The second-order valence-corrected chi connectivity index (χ2v) is 6.31. The number of fused-ring (bicyclic) bond motifs is 1. The molecule has 7 heteroatoms. The minimum absolute atomic E-state index is 0.0666. The van der Waals surface area contributed by atoms with Crippen LogP contribution in [-0.2, 0) is 14.3 Å². The maximum atomic E-state index is 12.4. The largest absolute Gasteiger partial charge is 0.466 e. The molecular formula is C19H16ClN3O3. The molecule has 1 aromatic heterocycles. The molecular weight excluding hydrogens is 354 g/mol. The Bertz CT molecular complexity index is 1030. The summed E-state index contributed by atoms with van der Waals surface area (Å²) in [4.78, 5) is 16.8. The summed E-state index contributed by atoms with van der Waals surface area (Å²) in [5.41, 5.74) is 8.41. The van der Waals surface area contributed by atoms with Crippen molar-refractivity contribution in [2.24, 2.45) is 5.73 Å². The Labute approximate surface area is 155 Å². The van der Waals surface area contributed by atoms with Crippen molar-refractivity contribution in [3.8, 4) is 6.07 Å². The molecule has 0 aliphatic carbocycles. The first-order valence-corrected chi connectivity index (χ1v) is 8.18. The molecule has 0 spiro atoms. The molecule has 0 bridgehead atoms. The van der Waals surface area contributed by atoms with Crippen LogP contribution in [-0.4, -0.2) is 18.1 Å². The van der Waals surface area contributed by atoms with E-state index in [0.717, 1.165) is 10.9 Å². The fourth-order valence-electron chi connectivity index (χ4n) is 3.06. The predicted molar refractivity (Wildman–Crippen MR) is 96.9 cm³/mol. The maximum absolute atomic E-state index is 12.4. The van der Waals surface area contributed by atoms with E-state index in [2.05, 4.69) is 4.98 Å². The van der Waals surface area contributed by atoms with Crippen molar-refractivity contribution < 1.29 is 14.3 Å². The number of aryl methyl sites for hydroxylation is 1. The molecule has 1 aliphatic heterocycles. The van der Waals surface area contributed by atoms with Gasteiger partial charge in [-0.15, -0.1) is 0 Å². The number of benzene rings is 1. The quantitative estimate of drug-likeness (QED) is 0.643. The maximum Gasteiger partial charge on any atom is 0.338 e. The zero-order chi connectivity index (χ0) is 19.0. The first kappa shape index (κ1) is 17.8. The van der Waals surface area contributed by atoms with Crippen molar-refractivity contribution in [1.29, 1.82) is 5.26 Å². The SMILES string of the molecule is COC(=O)C1=C(C)OC(N)=C(C#N)[C@@H]1c1cc2cc(C)ccc2nc1Cl. The minimum Gasteiger partial charge on any atom is -0.466 e. The smallest absolute Gasteiger partial charge is 0.338 e. The van der Waals surface area contributed by atoms with Gasteiger partial charge in [0.2, 0.25) is 5.88 Å². The summed E-state index contributed by atoms with van der Waals surface area (Å²) >= 11 is 6.41. The Balaban J connectivity index is 2.31. The number of rotatable bonds is 2. The van der Waals surface area contributed by atoms with Gasteiger partial charge in [0.25, 0.3) is 0 Å². The van der Waals surface area contributed by atoms with Crippen LogP contribution >= 0.6 is 11.6 Å². The third-order valence-corrected chi connectivity index (χ3v) is 4.58. The molecule has 0 radical (unpaired) electrons. The van der Waals surface area contributed by atoms with E-state index >= 15 is 0 Å². The van der Waals surface area contributed by atoms with Crippen molar-refractivity contribution in [3.05, 3.63) is 63.3 Å². The van der Waals surface area contributed by atoms with Crippen molar-refractivity contribution in [1.82, 2.24) is 4.98 Å². The molecule has 1 atom stereocenters. The monoisotopic (exact) mass is 369 g/mol. The zero-order valence-corrected chi connectivity index (χ0v) is 15.2. The number of allylic oxidation sites excluding steroid dienone is 2. The van der Waals surface area contributed by atoms with E-state index in [1.165, 1.54) is 7.11 Å². The third kappa shape index (κ3) is 2.87. The van der Waals surface area contributed by atoms with Crippen LogP contribution in [0.3, 0.4) is 0 Å². The van der Waals surface area contributed by atoms with Gasteiger partial charge in [0.15, 0.2) is 0 Å². The summed E-state index contributed by atoms with van der Waals surface area (Å²) in [5.74, 6) is -1.24. The molecule has 2 aromatic rings. The van der Waals surface area contributed by atoms with Crippen molar-refractivity contribution >= 4 is 28.5 Å². The van der Waals surface area contributed by atoms with Crippen molar-refractivity contribution in [3.63, 3.8) is 0 Å². The molecule has 2 N–H and O–H groups in total. The van der Waals surface area contributed by atoms with E-state index in [9.17, 15) is 10.1 Å². The average Bonchev–Trinajstić information content (AvgIpc) is 2.60. The molecule has 0 unspecified atom stereocenters. The first-order chi connectivity index (χ1) is 12.4. The van der Waals surface area contributed by atoms with Gasteiger partial charge in [-0.3, -0.25) is 0 Å². The van der Waals surface area contributed by atoms with E-state index in [1.54, 1.807) is 6.92 Å². The average molecular weight is 370 g/mol. The number of carbonyl (C=O) groups excluding carboxylic acids is 1. The van der Waals surface area contributed by atoms with Gasteiger partial charge in [-0.1, -0.05) is 23.2 Å². The highest BCUT2D eigenvalue weighted by Crippen LogP contribution is 2.42. The van der Waals surface area contributed by atoms with E-state index in [4.69, 9.17) is 26.8 Å². The van der Waals surface area contributed by atoms with Gasteiger partial charge >= 0.3 is 5.97 Å². The number of ether oxygens (including phenoxy) is 2. The highest BCUT2D eigenvalue weighted by Gasteiger charge is 2.37. The van der Waals surface area contributed by atoms with Gasteiger partial charge in [-0.2, -0.15) is 5.26 Å². The Kier molecular flexibility index (Phi) is 4.58. The van der Waals surface area contributed by atoms with E-state index in [-0.39, 0.29) is 27.9 Å². The molecule has 0 amide bonds. The lowest BCUT2D eigenvalue weighted by Gasteiger charge is -2.27. The van der Waals surface area contributed by atoms with E-state index < -0.39 is 11.9 Å². The van der Waals surface area contributed by atoms with Crippen LogP contribution in [0, 0.1) is 18.3 Å². The van der Waals surface area contributed by atoms with Crippen LogP contribution in [0.25, 0.3) is 10.9 Å². The van der Waals surface area contributed by atoms with Crippen molar-refractivity contribution in [2.45, 2.75) is 19.8 Å². The Morgan fingerprint density at radius 2 is 2.12 bits per heavy atom. The van der Waals surface area contributed by atoms with Crippen LogP contribution in [0.4, 0.5) is 0 Å². The molecule has 6 nitrogen and oxygen atoms in total. The third-order valence-electron chi connectivity index (χ3n) is 4.27. The molecule has 132 valence electrons. The zero-order valence-electron chi connectivity index (χ0n) is 14.5. The number of nitrogens with two attached hydrogens (primary N) is 1. The van der Waals surface area contributed by atoms with E-state index in [0.29, 0.717) is 11.1 Å². The summed E-state index contributed by atoms with van der Waals surface area (Å²) in [6, 6.07) is 9.58. The number of hydrogen-bond acceptors (Lipinski definition) is 6. The van der Waals surface area contributed by atoms with Crippen LogP contribution < -0.4 is 5.73 Å². The summed E-state index contributed by atoms with van der Waals surface area (Å²) in [6.45, 7) is 3.55. The number of hydrogen-bond donors (Lipinski definition) is 1. The predicted octanol–water partition coefficient (Wildman–Crippen LogP) is 3.45. The normalized spacial score (nSPS) is 17.1. The molecule has 0 saturated carbocycles. The molecule has 0 saturated heterocycles. The Morgan fingerprint density at radius 1 is 1.38 bits per heavy atom. The second-order valence-electron chi connectivity index (χ2n) is 5.95. The Morgan fingerprint density at radius 3 is 2.77 bits per heavy atom. The lowest BCUT2D eigenvalue weighted by atomic mass is 9.83. The van der Waals surface area contributed by atoms with Gasteiger partial charge in [-0.05, 0) is 32.0 Å². The molecule has 26 heavy (non-hydrogen) atoms. The summed E-state index contributed by atoms with van der Waals surface area (Å²) < 4.78 is 10.2. The number of nitriles is 1. The van der Waals surface area contributed by atoms with Gasteiger partial charge < -0.3 is 15.2 Å². The first-order valence-electron chi connectivity index (χ1n) is 7.80. The number of methoxy groups -OCH3 is 1. The van der Waals surface area contributed by atoms with Crippen LogP contribution in [0.2, 0.25) is 5.15 Å². The summed E-state index contributed by atoms with van der Waals surface area (Å²) in [7, 11) is 1.26. The number of aromatic nitrogens is 1. The van der Waals surface area contributed by atoms with Gasteiger partial charge in [0, 0.05) is 10.9 Å². The van der Waals surface area contributed by atoms with Gasteiger partial charge in [-0.25, -0.2) is 9.78 Å². The number of esters is 1. The molecule has 1 aliphatic rings. The minimum atomic E-state index is -0.814. The van der Waals surface area contributed by atoms with Crippen LogP contribution in [0.1, 0.15) is 24.0 Å². The van der Waals surface area contributed by atoms with Gasteiger partial charge in [0.1, 0.15) is 22.6 Å². The standard InChI is InChI=1S/C19H16ClN3O3/c1-9-4-5-14-11(6-9)7-12(17(20)23-14)16-13(8-21)18(22)26-10(2)15(16)19(24)25-3/h4-7,16H,22H2,1-3H3/t16-/m0/s1. The number of carbonyl (C=O) groups is 1. The lowest BCUT2D eigenvalue weighted by Crippen LogP contribution is -2.25. The highest BCUT2D eigenvalue weighted by atomic mass is 35.5. The Hall–Kier alpha value is -3.04. The second kappa shape index (κ2) is 6.70. The van der Waals surface area contributed by atoms with Crippen LogP contribution in [0.5, 0.6) is 0 Å². The fourth-order valence-corrected chi connectivity index (χ4v) is 3.31. The lowest BCUT2D eigenvalue weighted by molar-refractivity contribution is -0.136. The molecule has 3 rings (SSSR count). The molecule has 2 heterocycles. The number of pyridine rings is 1. The van der Waals surface area contributed by atoms with E-state index in [1.807, 2.05) is 37.3 Å².